The fourth-order valence-corrected chi connectivity index (χ4v) is 2.25. The van der Waals surface area contributed by atoms with E-state index in [9.17, 15) is 18.0 Å². The summed E-state index contributed by atoms with van der Waals surface area (Å²) in [5, 5.41) is 16.5. The minimum Gasteiger partial charge on any atom is -0.481 e. The molecule has 0 unspecified atom stereocenters. The van der Waals surface area contributed by atoms with E-state index in [1.807, 2.05) is 6.92 Å². The van der Waals surface area contributed by atoms with E-state index in [1.165, 1.54) is 6.20 Å². The molecule has 132 valence electrons. The second-order valence-corrected chi connectivity index (χ2v) is 5.24. The number of rotatable bonds is 5. The first-order valence-corrected chi connectivity index (χ1v) is 7.36. The van der Waals surface area contributed by atoms with Crippen LogP contribution in [0, 0.1) is 0 Å². The van der Waals surface area contributed by atoms with Crippen molar-refractivity contribution in [3.8, 4) is 11.3 Å². The Morgan fingerprint density at radius 3 is 2.68 bits per heavy atom. The van der Waals surface area contributed by atoms with Gasteiger partial charge in [-0.3, -0.25) is 9.48 Å². The van der Waals surface area contributed by atoms with Gasteiger partial charge in [-0.25, -0.2) is 4.98 Å². The van der Waals surface area contributed by atoms with Crippen molar-refractivity contribution in [3.63, 3.8) is 0 Å². The van der Waals surface area contributed by atoms with Crippen LogP contribution in [0.3, 0.4) is 0 Å². The molecule has 0 spiro atoms. The molecule has 0 radical (unpaired) electrons. The third-order valence-electron chi connectivity index (χ3n) is 3.46. The van der Waals surface area contributed by atoms with Gasteiger partial charge in [0.15, 0.2) is 11.5 Å². The van der Waals surface area contributed by atoms with Crippen molar-refractivity contribution >= 4 is 11.7 Å². The molecular formula is C14H13F3N6O2. The number of aryl methyl sites for hydroxylation is 2. The second kappa shape index (κ2) is 6.15. The molecule has 3 aromatic rings. The lowest BCUT2D eigenvalue weighted by Gasteiger charge is -2.09. The number of carbonyl (C=O) groups is 1. The number of nitrogens with zero attached hydrogens (tertiary/aromatic N) is 6. The Morgan fingerprint density at radius 2 is 2.08 bits per heavy atom. The molecule has 0 aliphatic heterocycles. The van der Waals surface area contributed by atoms with Gasteiger partial charge in [-0.05, 0) is 13.0 Å². The van der Waals surface area contributed by atoms with Crippen LogP contribution in [-0.2, 0) is 23.9 Å². The van der Waals surface area contributed by atoms with Crippen molar-refractivity contribution in [3.05, 3.63) is 30.0 Å². The summed E-state index contributed by atoms with van der Waals surface area (Å²) in [5.74, 6) is -1.34. The van der Waals surface area contributed by atoms with Crippen LogP contribution < -0.4 is 0 Å². The summed E-state index contributed by atoms with van der Waals surface area (Å²) in [7, 11) is 0. The second-order valence-electron chi connectivity index (χ2n) is 5.24. The summed E-state index contributed by atoms with van der Waals surface area (Å²) in [5.41, 5.74) is -0.549. The van der Waals surface area contributed by atoms with Crippen LogP contribution in [0.4, 0.5) is 13.2 Å². The molecule has 0 saturated carbocycles. The number of carboxylic acids is 1. The number of halogens is 3. The van der Waals surface area contributed by atoms with E-state index in [1.54, 1.807) is 10.9 Å². The monoisotopic (exact) mass is 354 g/mol. The van der Waals surface area contributed by atoms with Crippen molar-refractivity contribution in [2.24, 2.45) is 0 Å². The number of hydrogen-bond donors (Lipinski definition) is 1. The minimum atomic E-state index is -4.67. The number of aromatic nitrogens is 6. The first-order valence-electron chi connectivity index (χ1n) is 7.36. The quantitative estimate of drug-likeness (QED) is 0.753. The zero-order valence-corrected chi connectivity index (χ0v) is 13.0. The molecule has 3 heterocycles. The third kappa shape index (κ3) is 3.44. The molecule has 1 N–H and O–H groups in total. The fourth-order valence-electron chi connectivity index (χ4n) is 2.25. The van der Waals surface area contributed by atoms with Crippen molar-refractivity contribution in [1.29, 1.82) is 0 Å². The first-order chi connectivity index (χ1) is 11.8. The average molecular weight is 354 g/mol. The Hall–Kier alpha value is -2.98. The SMILES string of the molecule is CCn1cc(-c2cc(C(F)(F)F)n3nc(CCC(=O)O)nc3n2)cn1. The van der Waals surface area contributed by atoms with Crippen molar-refractivity contribution in [2.75, 3.05) is 0 Å². The van der Waals surface area contributed by atoms with E-state index in [-0.39, 0.29) is 30.1 Å². The van der Waals surface area contributed by atoms with E-state index >= 15 is 0 Å². The molecule has 0 amide bonds. The largest absolute Gasteiger partial charge is 0.481 e. The number of fused-ring (bicyclic) bond motifs is 1. The average Bonchev–Trinajstić information content (AvgIpc) is 3.16. The smallest absolute Gasteiger partial charge is 0.433 e. The maximum Gasteiger partial charge on any atom is 0.433 e. The van der Waals surface area contributed by atoms with E-state index in [0.717, 1.165) is 6.07 Å². The first kappa shape index (κ1) is 16.9. The summed E-state index contributed by atoms with van der Waals surface area (Å²) in [4.78, 5) is 18.6. The van der Waals surface area contributed by atoms with Crippen molar-refractivity contribution in [1.82, 2.24) is 29.4 Å². The van der Waals surface area contributed by atoms with Gasteiger partial charge in [0.05, 0.1) is 18.3 Å². The van der Waals surface area contributed by atoms with Gasteiger partial charge in [-0.15, -0.1) is 5.10 Å². The highest BCUT2D eigenvalue weighted by molar-refractivity contribution is 5.67. The zero-order valence-electron chi connectivity index (χ0n) is 13.0. The Morgan fingerprint density at radius 1 is 1.32 bits per heavy atom. The van der Waals surface area contributed by atoms with E-state index in [0.29, 0.717) is 16.6 Å². The molecule has 0 aliphatic carbocycles. The summed E-state index contributed by atoms with van der Waals surface area (Å²) < 4.78 is 42.3. The van der Waals surface area contributed by atoms with Gasteiger partial charge < -0.3 is 5.11 Å². The Kier molecular flexibility index (Phi) is 4.15. The maximum absolute atomic E-state index is 13.4. The van der Waals surface area contributed by atoms with E-state index < -0.39 is 17.8 Å². The van der Waals surface area contributed by atoms with Gasteiger partial charge in [0, 0.05) is 24.7 Å². The van der Waals surface area contributed by atoms with Crippen LogP contribution in [0.15, 0.2) is 18.5 Å². The lowest BCUT2D eigenvalue weighted by atomic mass is 10.2. The molecule has 0 atom stereocenters. The minimum absolute atomic E-state index is 0.0122. The standard InChI is InChI=1S/C14H13F3N6O2/c1-2-22-7-8(6-18-22)9-5-10(14(15,16)17)23-13(19-9)20-11(21-23)3-4-12(24)25/h5-7H,2-4H2,1H3,(H,24,25). The molecule has 25 heavy (non-hydrogen) atoms. The highest BCUT2D eigenvalue weighted by Gasteiger charge is 2.35. The fraction of sp³-hybridized carbons (Fsp3) is 0.357. The maximum atomic E-state index is 13.4. The van der Waals surface area contributed by atoms with Gasteiger partial charge in [0.1, 0.15) is 0 Å². The number of carboxylic acid groups (broad SMARTS) is 1. The molecular weight excluding hydrogens is 341 g/mol. The molecule has 3 aromatic heterocycles. The normalized spacial score (nSPS) is 12.0. The Balaban J connectivity index is 2.12. The molecule has 0 bridgehead atoms. The third-order valence-corrected chi connectivity index (χ3v) is 3.46. The van der Waals surface area contributed by atoms with Crippen molar-refractivity contribution < 1.29 is 23.1 Å². The van der Waals surface area contributed by atoms with Crippen LogP contribution >= 0.6 is 0 Å². The van der Waals surface area contributed by atoms with E-state index in [2.05, 4.69) is 20.2 Å². The van der Waals surface area contributed by atoms with Crippen LogP contribution in [0.1, 0.15) is 24.9 Å². The summed E-state index contributed by atoms with van der Waals surface area (Å²) in [6, 6.07) is 0.875. The topological polar surface area (TPSA) is 98.2 Å². The number of alkyl halides is 3. The lowest BCUT2D eigenvalue weighted by molar-refractivity contribution is -0.142. The van der Waals surface area contributed by atoms with E-state index in [4.69, 9.17) is 5.11 Å². The molecule has 8 nitrogen and oxygen atoms in total. The molecule has 0 aromatic carbocycles. The number of aliphatic carboxylic acids is 1. The number of hydrogen-bond acceptors (Lipinski definition) is 5. The van der Waals surface area contributed by atoms with Gasteiger partial charge in [-0.1, -0.05) is 0 Å². The summed E-state index contributed by atoms with van der Waals surface area (Å²) in [6.07, 6.45) is -2.03. The summed E-state index contributed by atoms with van der Waals surface area (Å²) >= 11 is 0. The van der Waals surface area contributed by atoms with Crippen LogP contribution in [-0.4, -0.2) is 40.4 Å². The van der Waals surface area contributed by atoms with Crippen molar-refractivity contribution in [2.45, 2.75) is 32.5 Å². The van der Waals surface area contributed by atoms with Gasteiger partial charge in [0.25, 0.3) is 5.78 Å². The molecule has 11 heteroatoms. The zero-order chi connectivity index (χ0) is 18.2. The van der Waals surface area contributed by atoms with Gasteiger partial charge in [0.2, 0.25) is 0 Å². The van der Waals surface area contributed by atoms with Crippen LogP contribution in [0.25, 0.3) is 17.0 Å². The van der Waals surface area contributed by atoms with Gasteiger partial charge >= 0.3 is 12.1 Å². The molecule has 0 aliphatic rings. The summed E-state index contributed by atoms with van der Waals surface area (Å²) in [6.45, 7) is 2.42. The van der Waals surface area contributed by atoms with Crippen LogP contribution in [0.2, 0.25) is 0 Å². The van der Waals surface area contributed by atoms with Crippen LogP contribution in [0.5, 0.6) is 0 Å². The predicted octanol–water partition coefficient (Wildman–Crippen LogP) is 2.04. The lowest BCUT2D eigenvalue weighted by Crippen LogP contribution is -2.14. The highest BCUT2D eigenvalue weighted by Crippen LogP contribution is 2.31. The Bertz CT molecular complexity index is 930. The predicted molar refractivity (Wildman–Crippen MR) is 78.6 cm³/mol. The highest BCUT2D eigenvalue weighted by atomic mass is 19.4. The molecule has 0 saturated heterocycles. The Labute approximate surface area is 138 Å². The van der Waals surface area contributed by atoms with Gasteiger partial charge in [-0.2, -0.15) is 27.8 Å². The molecule has 3 rings (SSSR count). The molecule has 0 fully saturated rings.